The van der Waals surface area contributed by atoms with E-state index in [-0.39, 0.29) is 17.9 Å². The maximum absolute atomic E-state index is 11.6. The van der Waals surface area contributed by atoms with Gasteiger partial charge in [-0.15, -0.1) is 0 Å². The molecule has 0 bridgehead atoms. The zero-order valence-electron chi connectivity index (χ0n) is 19.5. The third-order valence-electron chi connectivity index (χ3n) is 5.02. The van der Waals surface area contributed by atoms with Gasteiger partial charge in [-0.05, 0) is 50.2 Å². The van der Waals surface area contributed by atoms with Crippen LogP contribution in [0.5, 0.6) is 17.2 Å². The van der Waals surface area contributed by atoms with Crippen molar-refractivity contribution >= 4 is 11.9 Å². The number of nitrogens with one attached hydrogen (secondary N) is 1. The van der Waals surface area contributed by atoms with E-state index in [1.165, 1.54) is 13.3 Å². The lowest BCUT2D eigenvalue weighted by Crippen LogP contribution is -2.17. The van der Waals surface area contributed by atoms with E-state index in [0.717, 1.165) is 17.0 Å². The molecule has 0 spiro atoms. The average molecular weight is 466 g/mol. The number of methoxy groups -OCH3 is 2. The number of aromatic nitrogens is 2. The van der Waals surface area contributed by atoms with Crippen molar-refractivity contribution in [2.24, 2.45) is 4.99 Å². The van der Waals surface area contributed by atoms with E-state index in [1.54, 1.807) is 25.3 Å². The minimum atomic E-state index is -0.510. The summed E-state index contributed by atoms with van der Waals surface area (Å²) in [5.74, 6) is 1.73. The summed E-state index contributed by atoms with van der Waals surface area (Å²) in [7, 11) is 2.94. The Labute approximate surface area is 197 Å². The normalized spacial score (nSPS) is 15.9. The van der Waals surface area contributed by atoms with Crippen molar-refractivity contribution in [3.8, 4) is 28.5 Å². The van der Waals surface area contributed by atoms with Crippen molar-refractivity contribution in [2.75, 3.05) is 27.4 Å². The lowest BCUT2D eigenvalue weighted by atomic mass is 10.1. The average Bonchev–Trinajstić information content (AvgIpc) is 3.48. The summed E-state index contributed by atoms with van der Waals surface area (Å²) in [5.41, 5.74) is 2.72. The van der Waals surface area contributed by atoms with Gasteiger partial charge in [0.15, 0.2) is 0 Å². The van der Waals surface area contributed by atoms with Crippen LogP contribution in [0.2, 0.25) is 0 Å². The Kier molecular flexibility index (Phi) is 7.12. The van der Waals surface area contributed by atoms with Crippen molar-refractivity contribution in [3.63, 3.8) is 0 Å². The predicted octanol–water partition coefficient (Wildman–Crippen LogP) is 4.23. The van der Waals surface area contributed by atoms with E-state index >= 15 is 0 Å². The molecule has 0 unspecified atom stereocenters. The van der Waals surface area contributed by atoms with Crippen molar-refractivity contribution < 1.29 is 28.5 Å². The standard InChI is InChI=1S/C25H27N3O6/c1-15-12-27-24(33-15)22-8-7-21(28-22)17-9-19(32-16(2)14-30-3)11-20(10-17)34-18-5-6-23(26-13-18)25(29)31-4/h5-11,13,15-16,28H,12,14H2,1-4H3/t15-,16-/m0/s1. The topological polar surface area (TPSA) is 104 Å². The zero-order chi connectivity index (χ0) is 24.1. The molecule has 0 fully saturated rings. The summed E-state index contributed by atoms with van der Waals surface area (Å²) < 4.78 is 27.7. The van der Waals surface area contributed by atoms with Crippen molar-refractivity contribution in [2.45, 2.75) is 26.1 Å². The molecule has 4 rings (SSSR count). The number of carbonyl (C=O) groups excluding carboxylic acids is 1. The number of nitrogens with zero attached hydrogens (tertiary/aromatic N) is 2. The maximum Gasteiger partial charge on any atom is 0.356 e. The van der Waals surface area contributed by atoms with E-state index in [9.17, 15) is 4.79 Å². The van der Waals surface area contributed by atoms with Crippen LogP contribution >= 0.6 is 0 Å². The summed E-state index contributed by atoms with van der Waals surface area (Å²) in [6, 6.07) is 12.7. The molecule has 34 heavy (non-hydrogen) atoms. The molecular weight excluding hydrogens is 438 g/mol. The minimum Gasteiger partial charge on any atom is -0.488 e. The third kappa shape index (κ3) is 5.55. The number of hydrogen-bond donors (Lipinski definition) is 1. The zero-order valence-corrected chi connectivity index (χ0v) is 19.5. The Morgan fingerprint density at radius 3 is 2.59 bits per heavy atom. The fraction of sp³-hybridized carbons (Fsp3) is 0.320. The first kappa shape index (κ1) is 23.3. The molecule has 9 nitrogen and oxygen atoms in total. The van der Waals surface area contributed by atoms with Gasteiger partial charge in [0.1, 0.15) is 40.8 Å². The molecule has 0 radical (unpaired) electrons. The number of pyridine rings is 1. The highest BCUT2D eigenvalue weighted by atomic mass is 16.5. The van der Waals surface area contributed by atoms with Crippen molar-refractivity contribution in [3.05, 3.63) is 60.0 Å². The second-order valence-electron chi connectivity index (χ2n) is 7.91. The number of hydrogen-bond acceptors (Lipinski definition) is 8. The largest absolute Gasteiger partial charge is 0.488 e. The Morgan fingerprint density at radius 1 is 1.12 bits per heavy atom. The van der Waals surface area contributed by atoms with Crippen molar-refractivity contribution in [1.29, 1.82) is 0 Å². The van der Waals surface area contributed by atoms with Gasteiger partial charge in [0, 0.05) is 24.4 Å². The van der Waals surface area contributed by atoms with Gasteiger partial charge in [-0.2, -0.15) is 0 Å². The summed E-state index contributed by atoms with van der Waals surface area (Å²) in [6.45, 7) is 5.00. The van der Waals surface area contributed by atoms with Crippen LogP contribution in [-0.2, 0) is 14.2 Å². The number of H-pyrrole nitrogens is 1. The predicted molar refractivity (Wildman–Crippen MR) is 126 cm³/mol. The monoisotopic (exact) mass is 465 g/mol. The molecule has 1 aromatic carbocycles. The first-order valence-corrected chi connectivity index (χ1v) is 10.9. The number of rotatable bonds is 9. The molecule has 1 aliphatic heterocycles. The number of carbonyl (C=O) groups is 1. The van der Waals surface area contributed by atoms with E-state index in [1.807, 2.05) is 38.1 Å². The van der Waals surface area contributed by atoms with Gasteiger partial charge in [-0.1, -0.05) is 0 Å². The Balaban J connectivity index is 1.62. The molecule has 1 N–H and O–H groups in total. The highest BCUT2D eigenvalue weighted by molar-refractivity contribution is 5.94. The van der Waals surface area contributed by atoms with Gasteiger partial charge in [-0.25, -0.2) is 14.8 Å². The van der Waals surface area contributed by atoms with Gasteiger partial charge < -0.3 is 28.7 Å². The van der Waals surface area contributed by atoms with Gasteiger partial charge >= 0.3 is 5.97 Å². The summed E-state index contributed by atoms with van der Waals surface area (Å²) in [4.78, 5) is 23.5. The summed E-state index contributed by atoms with van der Waals surface area (Å²) in [6.07, 6.45) is 1.38. The van der Waals surface area contributed by atoms with Crippen LogP contribution < -0.4 is 9.47 Å². The van der Waals surface area contributed by atoms with E-state index in [0.29, 0.717) is 36.3 Å². The SMILES string of the molecule is COC[C@H](C)Oc1cc(Oc2ccc(C(=O)OC)nc2)cc(-c2ccc(C3=NC[C@H](C)O3)[nH]2)c1. The Hall–Kier alpha value is -3.85. The fourth-order valence-corrected chi connectivity index (χ4v) is 3.47. The summed E-state index contributed by atoms with van der Waals surface area (Å²) >= 11 is 0. The Bertz CT molecular complexity index is 1170. The Morgan fingerprint density at radius 2 is 1.91 bits per heavy atom. The second kappa shape index (κ2) is 10.4. The molecule has 3 aromatic rings. The molecular formula is C25H27N3O6. The highest BCUT2D eigenvalue weighted by Gasteiger charge is 2.19. The van der Waals surface area contributed by atoms with Crippen LogP contribution in [0.3, 0.4) is 0 Å². The highest BCUT2D eigenvalue weighted by Crippen LogP contribution is 2.33. The number of aromatic amines is 1. The van der Waals surface area contributed by atoms with Crippen LogP contribution in [0.4, 0.5) is 0 Å². The molecule has 178 valence electrons. The van der Waals surface area contributed by atoms with Crippen molar-refractivity contribution in [1.82, 2.24) is 9.97 Å². The first-order chi connectivity index (χ1) is 16.4. The van der Waals surface area contributed by atoms with Crippen LogP contribution in [-0.4, -0.2) is 61.4 Å². The maximum atomic E-state index is 11.6. The van der Waals surface area contributed by atoms with E-state index < -0.39 is 5.97 Å². The summed E-state index contributed by atoms with van der Waals surface area (Å²) in [5, 5.41) is 0. The molecule has 0 amide bonds. The quantitative estimate of drug-likeness (QED) is 0.472. The van der Waals surface area contributed by atoms with Crippen LogP contribution in [0.25, 0.3) is 11.3 Å². The number of benzene rings is 1. The van der Waals surface area contributed by atoms with E-state index in [2.05, 4.69) is 19.7 Å². The third-order valence-corrected chi connectivity index (χ3v) is 5.02. The van der Waals surface area contributed by atoms with Crippen LogP contribution in [0.15, 0.2) is 53.7 Å². The number of aliphatic imine (C=N–C) groups is 1. The molecule has 0 saturated carbocycles. The number of ether oxygens (including phenoxy) is 5. The number of esters is 1. The first-order valence-electron chi connectivity index (χ1n) is 10.9. The molecule has 0 aliphatic carbocycles. The van der Waals surface area contributed by atoms with Crippen LogP contribution in [0.1, 0.15) is 30.0 Å². The fourth-order valence-electron chi connectivity index (χ4n) is 3.47. The second-order valence-corrected chi connectivity index (χ2v) is 7.91. The molecule has 3 heterocycles. The molecule has 2 aromatic heterocycles. The van der Waals surface area contributed by atoms with Gasteiger partial charge in [0.05, 0.1) is 26.5 Å². The van der Waals surface area contributed by atoms with Gasteiger partial charge in [-0.3, -0.25) is 0 Å². The van der Waals surface area contributed by atoms with Gasteiger partial charge in [0.25, 0.3) is 0 Å². The molecule has 0 saturated heterocycles. The van der Waals surface area contributed by atoms with Crippen LogP contribution in [0, 0.1) is 0 Å². The molecule has 9 heteroatoms. The smallest absolute Gasteiger partial charge is 0.356 e. The molecule has 2 atom stereocenters. The lowest BCUT2D eigenvalue weighted by Gasteiger charge is -2.16. The molecule has 1 aliphatic rings. The minimum absolute atomic E-state index is 0.0694. The van der Waals surface area contributed by atoms with Gasteiger partial charge in [0.2, 0.25) is 5.90 Å². The lowest BCUT2D eigenvalue weighted by molar-refractivity contribution is 0.0594. The van der Waals surface area contributed by atoms with E-state index in [4.69, 9.17) is 18.9 Å².